The van der Waals surface area contributed by atoms with Crippen molar-refractivity contribution in [3.8, 4) is 0 Å². The van der Waals surface area contributed by atoms with Crippen LogP contribution >= 0.6 is 0 Å². The van der Waals surface area contributed by atoms with E-state index in [1.165, 1.54) is 4.57 Å². The number of amides is 1. The molecule has 2 heterocycles. The van der Waals surface area contributed by atoms with E-state index in [2.05, 4.69) is 20.5 Å². The molecule has 1 aliphatic carbocycles. The summed E-state index contributed by atoms with van der Waals surface area (Å²) in [6, 6.07) is 3.53. The number of hydrogen-bond acceptors (Lipinski definition) is 4. The van der Waals surface area contributed by atoms with E-state index in [-0.39, 0.29) is 17.6 Å². The summed E-state index contributed by atoms with van der Waals surface area (Å²) in [6.07, 6.45) is 8.17. The molecule has 7 heteroatoms. The second-order valence-corrected chi connectivity index (χ2v) is 6.07. The van der Waals surface area contributed by atoms with E-state index in [1.54, 1.807) is 31.6 Å². The van der Waals surface area contributed by atoms with Crippen molar-refractivity contribution in [2.45, 2.75) is 38.1 Å². The number of nitrogens with one attached hydrogen (secondary N) is 2. The minimum Gasteiger partial charge on any atom is -0.349 e. The third-order valence-electron chi connectivity index (χ3n) is 4.59. The van der Waals surface area contributed by atoms with Crippen molar-refractivity contribution < 1.29 is 4.79 Å². The van der Waals surface area contributed by atoms with Crippen molar-refractivity contribution >= 4 is 5.91 Å². The van der Waals surface area contributed by atoms with Gasteiger partial charge in [-0.3, -0.25) is 14.3 Å². The highest BCUT2D eigenvalue weighted by Gasteiger charge is 2.28. The number of hydrogen-bond donors (Lipinski definition) is 2. The normalized spacial score (nSPS) is 21.1. The summed E-state index contributed by atoms with van der Waals surface area (Å²) in [6.45, 7) is 0. The Hall–Kier alpha value is -2.44. The largest absolute Gasteiger partial charge is 0.349 e. The number of aromatic amines is 1. The molecule has 0 unspecified atom stereocenters. The van der Waals surface area contributed by atoms with Crippen LogP contribution in [0.25, 0.3) is 0 Å². The van der Waals surface area contributed by atoms with E-state index in [1.807, 2.05) is 0 Å². The third-order valence-corrected chi connectivity index (χ3v) is 4.59. The van der Waals surface area contributed by atoms with Gasteiger partial charge in [-0.1, -0.05) is 12.8 Å². The first-order valence-electron chi connectivity index (χ1n) is 7.96. The lowest BCUT2D eigenvalue weighted by molar-refractivity contribution is 0.0905. The van der Waals surface area contributed by atoms with Crippen molar-refractivity contribution in [1.29, 1.82) is 0 Å². The number of pyridine rings is 1. The van der Waals surface area contributed by atoms with Gasteiger partial charge in [0, 0.05) is 37.5 Å². The van der Waals surface area contributed by atoms with Crippen LogP contribution in [0.5, 0.6) is 0 Å². The third kappa shape index (κ3) is 3.49. The van der Waals surface area contributed by atoms with E-state index in [9.17, 15) is 9.59 Å². The lowest BCUT2D eigenvalue weighted by atomic mass is 9.82. The van der Waals surface area contributed by atoms with Crippen molar-refractivity contribution in [2.24, 2.45) is 13.0 Å². The Morgan fingerprint density at radius 2 is 2.09 bits per heavy atom. The van der Waals surface area contributed by atoms with Crippen molar-refractivity contribution in [1.82, 2.24) is 25.1 Å². The molecule has 0 aliphatic heterocycles. The maximum atomic E-state index is 12.4. The number of aromatic nitrogens is 4. The first-order valence-corrected chi connectivity index (χ1v) is 7.96. The zero-order chi connectivity index (χ0) is 16.2. The molecular weight excluding hydrogens is 294 g/mol. The van der Waals surface area contributed by atoms with Crippen LogP contribution in [0.4, 0.5) is 0 Å². The summed E-state index contributed by atoms with van der Waals surface area (Å²) in [5, 5.41) is 9.70. The minimum atomic E-state index is -0.201. The fraction of sp³-hybridized carbons (Fsp3) is 0.500. The maximum Gasteiger partial charge on any atom is 0.343 e. The number of rotatable bonds is 4. The lowest BCUT2D eigenvalue weighted by Crippen LogP contribution is -2.43. The summed E-state index contributed by atoms with van der Waals surface area (Å²) in [5.74, 6) is 0.966. The Morgan fingerprint density at radius 3 is 2.78 bits per heavy atom. The van der Waals surface area contributed by atoms with E-state index in [0.29, 0.717) is 17.9 Å². The SMILES string of the molecule is Cn1c(C[C@H]2CCCC[C@H]2NC(=O)c2ccncc2)n[nH]c1=O. The van der Waals surface area contributed by atoms with Crippen LogP contribution in [0, 0.1) is 5.92 Å². The molecule has 122 valence electrons. The smallest absolute Gasteiger partial charge is 0.343 e. The first kappa shape index (κ1) is 15.5. The highest BCUT2D eigenvalue weighted by atomic mass is 16.2. The van der Waals surface area contributed by atoms with Gasteiger partial charge < -0.3 is 5.32 Å². The highest BCUT2D eigenvalue weighted by molar-refractivity contribution is 5.94. The minimum absolute atomic E-state index is 0.0692. The van der Waals surface area contributed by atoms with Gasteiger partial charge >= 0.3 is 5.69 Å². The summed E-state index contributed by atoms with van der Waals surface area (Å²) < 4.78 is 1.54. The summed E-state index contributed by atoms with van der Waals surface area (Å²) in [5.41, 5.74) is 0.421. The van der Waals surface area contributed by atoms with Gasteiger partial charge in [0.25, 0.3) is 5.91 Å². The van der Waals surface area contributed by atoms with Gasteiger partial charge in [-0.25, -0.2) is 9.89 Å². The molecule has 23 heavy (non-hydrogen) atoms. The van der Waals surface area contributed by atoms with E-state index in [0.717, 1.165) is 31.5 Å². The predicted octanol–water partition coefficient (Wildman–Crippen LogP) is 1.03. The fourth-order valence-corrected chi connectivity index (χ4v) is 3.19. The molecule has 2 N–H and O–H groups in total. The van der Waals surface area contributed by atoms with Crippen LogP contribution in [-0.2, 0) is 13.5 Å². The Balaban J connectivity index is 1.70. The highest BCUT2D eigenvalue weighted by Crippen LogP contribution is 2.27. The van der Waals surface area contributed by atoms with Gasteiger partial charge in [0.2, 0.25) is 0 Å². The molecule has 3 rings (SSSR count). The molecule has 1 fully saturated rings. The molecule has 2 aromatic rings. The molecule has 0 spiro atoms. The Bertz CT molecular complexity index is 722. The topological polar surface area (TPSA) is 92.7 Å². The lowest BCUT2D eigenvalue weighted by Gasteiger charge is -2.32. The number of carbonyl (C=O) groups is 1. The molecule has 0 bridgehead atoms. The Labute approximate surface area is 134 Å². The van der Waals surface area contributed by atoms with Gasteiger partial charge in [-0.15, -0.1) is 0 Å². The summed E-state index contributed by atoms with van der Waals surface area (Å²) >= 11 is 0. The van der Waals surface area contributed by atoms with E-state index < -0.39 is 0 Å². The molecule has 7 nitrogen and oxygen atoms in total. The molecule has 2 aromatic heterocycles. The second-order valence-electron chi connectivity index (χ2n) is 6.07. The Kier molecular flexibility index (Phi) is 4.55. The molecule has 2 atom stereocenters. The molecule has 0 radical (unpaired) electrons. The van der Waals surface area contributed by atoms with Crippen molar-refractivity contribution in [3.63, 3.8) is 0 Å². The maximum absolute atomic E-state index is 12.4. The zero-order valence-corrected chi connectivity index (χ0v) is 13.2. The number of carbonyl (C=O) groups excluding carboxylic acids is 1. The standard InChI is InChI=1S/C16H21N5O2/c1-21-14(19-20-16(21)23)10-12-4-2-3-5-13(12)18-15(22)11-6-8-17-9-7-11/h6-9,12-13H,2-5,10H2,1H3,(H,18,22)(H,20,23)/t12-,13-/m1/s1. The number of H-pyrrole nitrogens is 1. The van der Waals surface area contributed by atoms with Gasteiger partial charge in [-0.05, 0) is 30.9 Å². The van der Waals surface area contributed by atoms with Crippen LogP contribution in [0.2, 0.25) is 0 Å². The molecule has 0 saturated heterocycles. The van der Waals surface area contributed by atoms with Gasteiger partial charge in [0.05, 0.1) is 0 Å². The van der Waals surface area contributed by atoms with Crippen LogP contribution in [0.1, 0.15) is 41.9 Å². The van der Waals surface area contributed by atoms with Crippen LogP contribution in [0.3, 0.4) is 0 Å². The van der Waals surface area contributed by atoms with Crippen molar-refractivity contribution in [2.75, 3.05) is 0 Å². The monoisotopic (exact) mass is 315 g/mol. The molecular formula is C16H21N5O2. The molecule has 1 saturated carbocycles. The Morgan fingerprint density at radius 1 is 1.35 bits per heavy atom. The number of nitrogens with zero attached hydrogens (tertiary/aromatic N) is 3. The van der Waals surface area contributed by atoms with Crippen LogP contribution in [0.15, 0.2) is 29.3 Å². The average molecular weight is 315 g/mol. The fourth-order valence-electron chi connectivity index (χ4n) is 3.19. The first-order chi connectivity index (χ1) is 11.1. The molecule has 1 aliphatic rings. The van der Waals surface area contributed by atoms with Crippen molar-refractivity contribution in [3.05, 3.63) is 46.4 Å². The van der Waals surface area contributed by atoms with Gasteiger partial charge in [0.15, 0.2) is 0 Å². The quantitative estimate of drug-likeness (QED) is 0.881. The molecule has 1 amide bonds. The second kappa shape index (κ2) is 6.76. The molecule has 0 aromatic carbocycles. The predicted molar refractivity (Wildman–Crippen MR) is 85.0 cm³/mol. The van der Waals surface area contributed by atoms with E-state index >= 15 is 0 Å². The summed E-state index contributed by atoms with van der Waals surface area (Å²) in [7, 11) is 1.72. The van der Waals surface area contributed by atoms with Gasteiger partial charge in [-0.2, -0.15) is 5.10 Å². The summed E-state index contributed by atoms with van der Waals surface area (Å²) in [4.78, 5) is 27.8. The van der Waals surface area contributed by atoms with Crippen LogP contribution < -0.4 is 11.0 Å². The van der Waals surface area contributed by atoms with E-state index in [4.69, 9.17) is 0 Å². The van der Waals surface area contributed by atoms with Crippen LogP contribution in [-0.4, -0.2) is 31.7 Å². The van der Waals surface area contributed by atoms with Gasteiger partial charge in [0.1, 0.15) is 5.82 Å². The zero-order valence-electron chi connectivity index (χ0n) is 13.2. The average Bonchev–Trinajstić information content (AvgIpc) is 2.89.